The van der Waals surface area contributed by atoms with Crippen molar-refractivity contribution in [1.82, 2.24) is 10.2 Å². The first-order valence-corrected chi connectivity index (χ1v) is 5.47. The first-order chi connectivity index (χ1) is 7.27. The summed E-state index contributed by atoms with van der Waals surface area (Å²) in [5.74, 6) is 0.835. The van der Waals surface area contributed by atoms with Crippen molar-refractivity contribution in [3.8, 4) is 0 Å². The molecule has 4 nitrogen and oxygen atoms in total. The summed E-state index contributed by atoms with van der Waals surface area (Å²) in [5.41, 5.74) is 0. The largest absolute Gasteiger partial charge is 0.380 e. The van der Waals surface area contributed by atoms with E-state index in [9.17, 15) is 0 Å². The van der Waals surface area contributed by atoms with E-state index in [2.05, 4.69) is 22.0 Å². The summed E-state index contributed by atoms with van der Waals surface area (Å²) in [6.45, 7) is 7.20. The van der Waals surface area contributed by atoms with Gasteiger partial charge in [0, 0.05) is 19.7 Å². The number of ether oxygens (including phenoxy) is 1. The van der Waals surface area contributed by atoms with Crippen LogP contribution in [0.2, 0.25) is 5.15 Å². The summed E-state index contributed by atoms with van der Waals surface area (Å²) in [7, 11) is 0. The molecule has 0 fully saturated rings. The molecular formula is C10H16ClN3O. The molecule has 0 aliphatic carbocycles. The second kappa shape index (κ2) is 6.58. The normalized spacial score (nSPS) is 10.3. The number of hydrogen-bond donors (Lipinski definition) is 0. The van der Waals surface area contributed by atoms with Crippen molar-refractivity contribution in [2.24, 2.45) is 0 Å². The van der Waals surface area contributed by atoms with Crippen molar-refractivity contribution >= 4 is 17.4 Å². The highest BCUT2D eigenvalue weighted by Crippen LogP contribution is 2.11. The summed E-state index contributed by atoms with van der Waals surface area (Å²) >= 11 is 5.67. The predicted octanol–water partition coefficient (Wildman–Crippen LogP) is 1.99. The molecule has 1 aromatic rings. The summed E-state index contributed by atoms with van der Waals surface area (Å²) in [5, 5.41) is 8.24. The zero-order chi connectivity index (χ0) is 11.1. The topological polar surface area (TPSA) is 38.2 Å². The summed E-state index contributed by atoms with van der Waals surface area (Å²) in [4.78, 5) is 2.10. The zero-order valence-electron chi connectivity index (χ0n) is 9.11. The molecule has 1 rings (SSSR count). The van der Waals surface area contributed by atoms with Crippen molar-refractivity contribution in [3.05, 3.63) is 17.3 Å². The highest BCUT2D eigenvalue weighted by molar-refractivity contribution is 6.29. The van der Waals surface area contributed by atoms with Crippen LogP contribution in [0.25, 0.3) is 0 Å². The Bertz CT molecular complexity index is 279. The molecule has 0 aliphatic rings. The smallest absolute Gasteiger partial charge is 0.151 e. The molecule has 0 bridgehead atoms. The molecular weight excluding hydrogens is 214 g/mol. The number of aromatic nitrogens is 2. The van der Waals surface area contributed by atoms with Gasteiger partial charge in [0.05, 0.1) is 6.61 Å². The average Bonchev–Trinajstić information content (AvgIpc) is 2.26. The average molecular weight is 230 g/mol. The van der Waals surface area contributed by atoms with Crippen LogP contribution in [0.1, 0.15) is 13.8 Å². The molecule has 1 heterocycles. The monoisotopic (exact) mass is 229 g/mol. The standard InChI is InChI=1S/C10H16ClN3O/c1-3-14(7-8-15-4-2)10-6-5-9(11)12-13-10/h5-6H,3-4,7-8H2,1-2H3. The highest BCUT2D eigenvalue weighted by atomic mass is 35.5. The quantitative estimate of drug-likeness (QED) is 0.700. The molecule has 0 radical (unpaired) electrons. The number of likely N-dealkylation sites (N-methyl/N-ethyl adjacent to an activating group) is 1. The number of nitrogens with zero attached hydrogens (tertiary/aromatic N) is 3. The first-order valence-electron chi connectivity index (χ1n) is 5.09. The van der Waals surface area contributed by atoms with Crippen LogP contribution in [0, 0.1) is 0 Å². The maximum atomic E-state index is 5.67. The van der Waals surface area contributed by atoms with Crippen molar-refractivity contribution in [1.29, 1.82) is 0 Å². The van der Waals surface area contributed by atoms with Crippen molar-refractivity contribution in [3.63, 3.8) is 0 Å². The number of halogens is 1. The maximum absolute atomic E-state index is 5.67. The van der Waals surface area contributed by atoms with E-state index >= 15 is 0 Å². The molecule has 15 heavy (non-hydrogen) atoms. The van der Waals surface area contributed by atoms with Gasteiger partial charge in [-0.15, -0.1) is 10.2 Å². The third-order valence-electron chi connectivity index (χ3n) is 2.03. The van der Waals surface area contributed by atoms with Crippen LogP contribution < -0.4 is 4.90 Å². The Morgan fingerprint density at radius 2 is 2.13 bits per heavy atom. The summed E-state index contributed by atoms with van der Waals surface area (Å²) < 4.78 is 5.30. The molecule has 1 aromatic heterocycles. The van der Waals surface area contributed by atoms with Gasteiger partial charge in [0.2, 0.25) is 0 Å². The first kappa shape index (κ1) is 12.2. The molecule has 0 aromatic carbocycles. The molecule has 0 aliphatic heterocycles. The van der Waals surface area contributed by atoms with Gasteiger partial charge in [-0.3, -0.25) is 0 Å². The predicted molar refractivity (Wildman–Crippen MR) is 61.4 cm³/mol. The lowest BCUT2D eigenvalue weighted by molar-refractivity contribution is 0.154. The van der Waals surface area contributed by atoms with Gasteiger partial charge in [-0.05, 0) is 26.0 Å². The zero-order valence-corrected chi connectivity index (χ0v) is 9.87. The third-order valence-corrected chi connectivity index (χ3v) is 2.23. The molecule has 0 saturated carbocycles. The van der Waals surface area contributed by atoms with Crippen LogP contribution in [0.3, 0.4) is 0 Å². The Hall–Kier alpha value is -0.870. The van der Waals surface area contributed by atoms with Crippen molar-refractivity contribution < 1.29 is 4.74 Å². The molecule has 0 unspecified atom stereocenters. The van der Waals surface area contributed by atoms with Gasteiger partial charge >= 0.3 is 0 Å². The maximum Gasteiger partial charge on any atom is 0.151 e. The van der Waals surface area contributed by atoms with Crippen LogP contribution in [-0.4, -0.2) is 36.5 Å². The van der Waals surface area contributed by atoms with E-state index in [0.29, 0.717) is 11.8 Å². The Labute approximate surface area is 95.2 Å². The molecule has 0 N–H and O–H groups in total. The Morgan fingerprint density at radius 1 is 1.33 bits per heavy atom. The van der Waals surface area contributed by atoms with Gasteiger partial charge in [0.15, 0.2) is 11.0 Å². The van der Waals surface area contributed by atoms with Gasteiger partial charge < -0.3 is 9.64 Å². The van der Waals surface area contributed by atoms with Crippen LogP contribution in [0.15, 0.2) is 12.1 Å². The van der Waals surface area contributed by atoms with Gasteiger partial charge in [0.25, 0.3) is 0 Å². The summed E-state index contributed by atoms with van der Waals surface area (Å²) in [6, 6.07) is 3.61. The van der Waals surface area contributed by atoms with Crippen molar-refractivity contribution in [2.45, 2.75) is 13.8 Å². The fraction of sp³-hybridized carbons (Fsp3) is 0.600. The highest BCUT2D eigenvalue weighted by Gasteiger charge is 2.05. The number of anilines is 1. The molecule has 0 saturated heterocycles. The Kier molecular flexibility index (Phi) is 5.36. The van der Waals surface area contributed by atoms with Gasteiger partial charge in [-0.25, -0.2) is 0 Å². The van der Waals surface area contributed by atoms with E-state index in [-0.39, 0.29) is 0 Å². The van der Waals surface area contributed by atoms with E-state index in [0.717, 1.165) is 25.5 Å². The van der Waals surface area contributed by atoms with E-state index < -0.39 is 0 Å². The molecule has 0 spiro atoms. The SMILES string of the molecule is CCOCCN(CC)c1ccc(Cl)nn1. The van der Waals surface area contributed by atoms with Gasteiger partial charge in [-0.1, -0.05) is 11.6 Å². The minimum absolute atomic E-state index is 0.416. The van der Waals surface area contributed by atoms with E-state index in [1.54, 1.807) is 6.07 Å². The second-order valence-corrected chi connectivity index (χ2v) is 3.38. The van der Waals surface area contributed by atoms with Gasteiger partial charge in [-0.2, -0.15) is 0 Å². The second-order valence-electron chi connectivity index (χ2n) is 2.99. The third kappa shape index (κ3) is 4.01. The number of rotatable bonds is 6. The van der Waals surface area contributed by atoms with Crippen LogP contribution in [-0.2, 0) is 4.74 Å². The Morgan fingerprint density at radius 3 is 2.67 bits per heavy atom. The number of hydrogen-bond acceptors (Lipinski definition) is 4. The van der Waals surface area contributed by atoms with Crippen LogP contribution >= 0.6 is 11.6 Å². The Balaban J connectivity index is 2.53. The molecule has 5 heteroatoms. The van der Waals surface area contributed by atoms with Crippen molar-refractivity contribution in [2.75, 3.05) is 31.2 Å². The lowest BCUT2D eigenvalue weighted by atomic mass is 10.4. The lowest BCUT2D eigenvalue weighted by Gasteiger charge is -2.20. The molecule has 0 atom stereocenters. The minimum atomic E-state index is 0.416. The fourth-order valence-corrected chi connectivity index (χ4v) is 1.33. The van der Waals surface area contributed by atoms with E-state index in [4.69, 9.17) is 16.3 Å². The summed E-state index contributed by atoms with van der Waals surface area (Å²) in [6.07, 6.45) is 0. The van der Waals surface area contributed by atoms with E-state index in [1.165, 1.54) is 0 Å². The molecule has 0 amide bonds. The van der Waals surface area contributed by atoms with E-state index in [1.807, 2.05) is 13.0 Å². The molecule has 84 valence electrons. The van der Waals surface area contributed by atoms with Crippen LogP contribution in [0.4, 0.5) is 5.82 Å². The van der Waals surface area contributed by atoms with Crippen LogP contribution in [0.5, 0.6) is 0 Å². The van der Waals surface area contributed by atoms with Gasteiger partial charge in [0.1, 0.15) is 0 Å². The minimum Gasteiger partial charge on any atom is -0.380 e. The fourth-order valence-electron chi connectivity index (χ4n) is 1.23. The lowest BCUT2D eigenvalue weighted by Crippen LogP contribution is -2.28.